The molecule has 2 amide bonds. The van der Waals surface area contributed by atoms with Crippen LogP contribution in [0.3, 0.4) is 0 Å². The van der Waals surface area contributed by atoms with Crippen molar-refractivity contribution in [1.82, 2.24) is 15.2 Å². The summed E-state index contributed by atoms with van der Waals surface area (Å²) in [5.41, 5.74) is 7.11. The van der Waals surface area contributed by atoms with Crippen LogP contribution in [0.15, 0.2) is 83.8 Å². The second-order valence-electron chi connectivity index (χ2n) is 8.86. The van der Waals surface area contributed by atoms with E-state index < -0.39 is 21.8 Å². The van der Waals surface area contributed by atoms with E-state index in [0.717, 1.165) is 11.1 Å². The van der Waals surface area contributed by atoms with Crippen LogP contribution in [0, 0.1) is 0 Å². The summed E-state index contributed by atoms with van der Waals surface area (Å²) in [6.07, 6.45) is 3.28. The predicted octanol–water partition coefficient (Wildman–Crippen LogP) is 2.55. The summed E-state index contributed by atoms with van der Waals surface area (Å²) in [6, 6.07) is 21.9. The summed E-state index contributed by atoms with van der Waals surface area (Å²) in [5, 5.41) is 0. The first-order valence-corrected chi connectivity index (χ1v) is 14.1. The van der Waals surface area contributed by atoms with Crippen molar-refractivity contribution >= 4 is 27.9 Å². The van der Waals surface area contributed by atoms with Crippen LogP contribution in [0.2, 0.25) is 0 Å². The van der Waals surface area contributed by atoms with E-state index in [2.05, 4.69) is 10.9 Å². The van der Waals surface area contributed by atoms with Gasteiger partial charge in [0.05, 0.1) is 20.3 Å². The van der Waals surface area contributed by atoms with Crippen molar-refractivity contribution in [2.24, 2.45) is 0 Å². The zero-order valence-corrected chi connectivity index (χ0v) is 22.9. The van der Waals surface area contributed by atoms with Gasteiger partial charge in [-0.15, -0.1) is 0 Å². The zero-order valence-electron chi connectivity index (χ0n) is 22.0. The minimum atomic E-state index is -3.81. The highest BCUT2D eigenvalue weighted by Crippen LogP contribution is 2.29. The molecule has 0 atom stereocenters. The van der Waals surface area contributed by atoms with Crippen LogP contribution in [-0.4, -0.2) is 64.6 Å². The summed E-state index contributed by atoms with van der Waals surface area (Å²) in [6.45, 7) is 0.833. The maximum absolute atomic E-state index is 13.1. The first-order valence-electron chi connectivity index (χ1n) is 12.6. The normalized spacial score (nSPS) is 14.0. The third-order valence-electron chi connectivity index (χ3n) is 6.10. The maximum Gasteiger partial charge on any atom is 0.276 e. The van der Waals surface area contributed by atoms with Crippen LogP contribution in [-0.2, 0) is 30.8 Å². The first-order chi connectivity index (χ1) is 19.4. The fraction of sp³-hybridized carbons (Fsp3) is 0.241. The molecule has 1 heterocycles. The van der Waals surface area contributed by atoms with Crippen molar-refractivity contribution in [3.63, 3.8) is 0 Å². The molecule has 210 valence electrons. The Hall–Kier alpha value is -4.19. The number of hydrogen-bond acceptors (Lipinski definition) is 7. The Morgan fingerprint density at radius 3 is 2.42 bits per heavy atom. The largest absolute Gasteiger partial charge is 0.495 e. The molecule has 0 aromatic heterocycles. The van der Waals surface area contributed by atoms with E-state index in [4.69, 9.17) is 14.2 Å². The van der Waals surface area contributed by atoms with E-state index in [9.17, 15) is 18.0 Å². The zero-order chi connectivity index (χ0) is 28.4. The Balaban J connectivity index is 1.31. The standard InChI is InChI=1S/C29H31N3O7S/c1-37-26-13-11-23(20-27(26)40(35,36)32-15-17-38-18-16-32)12-14-28(33)30-31-29(34)21-39-25-10-6-5-9-24(25)19-22-7-3-2-4-8-22/h2-14,20H,15-19,21H2,1H3,(H,30,33)(H,31,34)/b14-12+. The third-order valence-corrected chi connectivity index (χ3v) is 8.02. The molecule has 11 heteroatoms. The molecular formula is C29H31N3O7S. The molecule has 0 saturated carbocycles. The van der Waals surface area contributed by atoms with E-state index in [1.165, 1.54) is 35.7 Å². The molecule has 3 aromatic carbocycles. The summed E-state index contributed by atoms with van der Waals surface area (Å²) < 4.78 is 43.8. The summed E-state index contributed by atoms with van der Waals surface area (Å²) in [7, 11) is -2.42. The number of carbonyl (C=O) groups excluding carboxylic acids is 2. The van der Waals surface area contributed by atoms with Crippen molar-refractivity contribution in [2.75, 3.05) is 40.0 Å². The van der Waals surface area contributed by atoms with Gasteiger partial charge in [0.15, 0.2) is 6.61 Å². The van der Waals surface area contributed by atoms with Crippen molar-refractivity contribution in [3.8, 4) is 11.5 Å². The Morgan fingerprint density at radius 1 is 0.950 bits per heavy atom. The van der Waals surface area contributed by atoms with E-state index in [1.54, 1.807) is 12.1 Å². The lowest BCUT2D eigenvalue weighted by Crippen LogP contribution is -2.43. The third kappa shape index (κ3) is 7.69. The number of para-hydroxylation sites is 1. The molecule has 1 fully saturated rings. The second-order valence-corrected chi connectivity index (χ2v) is 10.8. The van der Waals surface area contributed by atoms with Gasteiger partial charge in [0.2, 0.25) is 10.0 Å². The Labute approximate surface area is 233 Å². The van der Waals surface area contributed by atoms with Gasteiger partial charge in [-0.2, -0.15) is 4.31 Å². The first kappa shape index (κ1) is 28.8. The molecule has 2 N–H and O–H groups in total. The number of hydrogen-bond donors (Lipinski definition) is 2. The summed E-state index contributed by atoms with van der Waals surface area (Å²) >= 11 is 0. The second kappa shape index (κ2) is 13.7. The minimum Gasteiger partial charge on any atom is -0.495 e. The van der Waals surface area contributed by atoms with E-state index >= 15 is 0 Å². The smallest absolute Gasteiger partial charge is 0.276 e. The lowest BCUT2D eigenvalue weighted by atomic mass is 10.0. The number of nitrogens with zero attached hydrogens (tertiary/aromatic N) is 1. The average molecular weight is 566 g/mol. The van der Waals surface area contributed by atoms with Gasteiger partial charge in [0.1, 0.15) is 16.4 Å². The molecule has 4 rings (SSSR count). The number of morpholine rings is 1. The molecule has 0 unspecified atom stereocenters. The topological polar surface area (TPSA) is 123 Å². The molecule has 0 bridgehead atoms. The van der Waals surface area contributed by atoms with Gasteiger partial charge in [-0.25, -0.2) is 8.42 Å². The predicted molar refractivity (Wildman–Crippen MR) is 149 cm³/mol. The van der Waals surface area contributed by atoms with Gasteiger partial charge in [0, 0.05) is 25.6 Å². The molecule has 0 aliphatic carbocycles. The minimum absolute atomic E-state index is 0.00236. The van der Waals surface area contributed by atoms with Crippen molar-refractivity contribution < 1.29 is 32.2 Å². The van der Waals surface area contributed by atoms with Crippen LogP contribution < -0.4 is 20.3 Å². The quantitative estimate of drug-likeness (QED) is 0.286. The Morgan fingerprint density at radius 2 is 1.68 bits per heavy atom. The highest BCUT2D eigenvalue weighted by atomic mass is 32.2. The van der Waals surface area contributed by atoms with Crippen molar-refractivity contribution in [1.29, 1.82) is 0 Å². The molecule has 3 aromatic rings. The molecular weight excluding hydrogens is 534 g/mol. The number of benzene rings is 3. The molecule has 40 heavy (non-hydrogen) atoms. The Kier molecular flexibility index (Phi) is 9.90. The van der Waals surface area contributed by atoms with E-state index in [-0.39, 0.29) is 30.3 Å². The average Bonchev–Trinajstić information content (AvgIpc) is 2.99. The number of ether oxygens (including phenoxy) is 3. The van der Waals surface area contributed by atoms with Crippen LogP contribution in [0.1, 0.15) is 16.7 Å². The fourth-order valence-corrected chi connectivity index (χ4v) is 5.65. The van der Waals surface area contributed by atoms with Gasteiger partial charge >= 0.3 is 0 Å². The number of rotatable bonds is 10. The number of hydrazine groups is 1. The number of sulfonamides is 1. The SMILES string of the molecule is COc1ccc(/C=C/C(=O)NNC(=O)COc2ccccc2Cc2ccccc2)cc1S(=O)(=O)N1CCOCC1. The highest BCUT2D eigenvalue weighted by Gasteiger charge is 2.29. The molecule has 10 nitrogen and oxygen atoms in total. The van der Waals surface area contributed by atoms with E-state index in [1.807, 2.05) is 48.5 Å². The maximum atomic E-state index is 13.1. The summed E-state index contributed by atoms with van der Waals surface area (Å²) in [4.78, 5) is 24.6. The van der Waals surface area contributed by atoms with Crippen molar-refractivity contribution in [2.45, 2.75) is 11.3 Å². The molecule has 0 radical (unpaired) electrons. The summed E-state index contributed by atoms with van der Waals surface area (Å²) in [5.74, 6) is -0.369. The molecule has 1 aliphatic rings. The van der Waals surface area contributed by atoms with Crippen LogP contribution in [0.5, 0.6) is 11.5 Å². The number of carbonyl (C=O) groups is 2. The lowest BCUT2D eigenvalue weighted by Gasteiger charge is -2.26. The van der Waals surface area contributed by atoms with Crippen molar-refractivity contribution in [3.05, 3.63) is 95.6 Å². The van der Waals surface area contributed by atoms with Gasteiger partial charge in [-0.3, -0.25) is 20.4 Å². The number of methoxy groups -OCH3 is 1. The fourth-order valence-electron chi connectivity index (χ4n) is 4.06. The number of amides is 2. The van der Waals surface area contributed by atoms with Crippen LogP contribution in [0.25, 0.3) is 6.08 Å². The van der Waals surface area contributed by atoms with Gasteiger partial charge in [-0.05, 0) is 41.0 Å². The highest BCUT2D eigenvalue weighted by molar-refractivity contribution is 7.89. The molecule has 1 saturated heterocycles. The number of nitrogens with one attached hydrogen (secondary N) is 2. The van der Waals surface area contributed by atoms with Crippen LogP contribution >= 0.6 is 0 Å². The van der Waals surface area contributed by atoms with Gasteiger partial charge in [-0.1, -0.05) is 54.6 Å². The lowest BCUT2D eigenvalue weighted by molar-refractivity contribution is -0.128. The van der Waals surface area contributed by atoms with Crippen LogP contribution in [0.4, 0.5) is 0 Å². The Bertz CT molecular complexity index is 1450. The van der Waals surface area contributed by atoms with Gasteiger partial charge < -0.3 is 14.2 Å². The monoisotopic (exact) mass is 565 g/mol. The molecule has 1 aliphatic heterocycles. The van der Waals surface area contributed by atoms with Gasteiger partial charge in [0.25, 0.3) is 11.8 Å². The van der Waals surface area contributed by atoms with E-state index in [0.29, 0.717) is 30.9 Å². The molecule has 0 spiro atoms.